The summed E-state index contributed by atoms with van der Waals surface area (Å²) in [5, 5.41) is 3.01. The topological polar surface area (TPSA) is 38.9 Å². The number of halogens is 1. The second-order valence-electron chi connectivity index (χ2n) is 4.68. The van der Waals surface area contributed by atoms with Gasteiger partial charge in [0.1, 0.15) is 5.82 Å². The van der Waals surface area contributed by atoms with Gasteiger partial charge in [0, 0.05) is 22.9 Å². The van der Waals surface area contributed by atoms with Gasteiger partial charge >= 0.3 is 0 Å². The lowest BCUT2D eigenvalue weighted by Crippen LogP contribution is -2.24. The highest BCUT2D eigenvalue weighted by Crippen LogP contribution is 2.36. The van der Waals surface area contributed by atoms with Gasteiger partial charge in [-0.1, -0.05) is 12.1 Å². The minimum absolute atomic E-state index is 0.0168. The standard InChI is InChI=1S/C13H13FN2S/c14-10-3-1-2-9(6-10)11-8-17-12(16-11)7-13(15)4-5-13/h1-3,6,8H,4-5,7,15H2. The number of hydrogen-bond acceptors (Lipinski definition) is 3. The average Bonchev–Trinajstić information content (AvgIpc) is 2.85. The second-order valence-corrected chi connectivity index (χ2v) is 5.62. The molecule has 88 valence electrons. The van der Waals surface area contributed by atoms with E-state index in [1.54, 1.807) is 17.4 Å². The van der Waals surface area contributed by atoms with Gasteiger partial charge in [-0.05, 0) is 25.0 Å². The Morgan fingerprint density at radius 2 is 2.24 bits per heavy atom. The molecule has 1 fully saturated rings. The summed E-state index contributed by atoms with van der Waals surface area (Å²) < 4.78 is 13.1. The zero-order chi connectivity index (χ0) is 11.9. The SMILES string of the molecule is NC1(Cc2nc(-c3cccc(F)c3)cs2)CC1. The third-order valence-corrected chi connectivity index (χ3v) is 3.92. The zero-order valence-corrected chi connectivity index (χ0v) is 10.1. The lowest BCUT2D eigenvalue weighted by molar-refractivity contribution is 0.628. The van der Waals surface area contributed by atoms with E-state index in [4.69, 9.17) is 5.73 Å². The molecule has 0 saturated heterocycles. The van der Waals surface area contributed by atoms with Crippen LogP contribution in [0.15, 0.2) is 29.6 Å². The number of nitrogens with two attached hydrogens (primary N) is 1. The Hall–Kier alpha value is -1.26. The Morgan fingerprint density at radius 3 is 2.94 bits per heavy atom. The van der Waals surface area contributed by atoms with E-state index in [9.17, 15) is 4.39 Å². The molecule has 0 aliphatic heterocycles. The molecule has 0 radical (unpaired) electrons. The highest BCUT2D eigenvalue weighted by Gasteiger charge is 2.38. The third-order valence-electron chi connectivity index (χ3n) is 3.07. The summed E-state index contributed by atoms with van der Waals surface area (Å²) in [7, 11) is 0. The van der Waals surface area contributed by atoms with E-state index in [0.29, 0.717) is 0 Å². The summed E-state index contributed by atoms with van der Waals surface area (Å²) in [6.07, 6.45) is 3.01. The van der Waals surface area contributed by atoms with Crippen molar-refractivity contribution in [3.63, 3.8) is 0 Å². The predicted molar refractivity (Wildman–Crippen MR) is 67.4 cm³/mol. The first kappa shape index (κ1) is 10.9. The molecule has 2 N–H and O–H groups in total. The van der Waals surface area contributed by atoms with Crippen LogP contribution in [0.25, 0.3) is 11.3 Å². The summed E-state index contributed by atoms with van der Waals surface area (Å²) in [6.45, 7) is 0. The van der Waals surface area contributed by atoms with E-state index in [1.807, 2.05) is 11.4 Å². The maximum atomic E-state index is 13.1. The molecule has 0 atom stereocenters. The summed E-state index contributed by atoms with van der Waals surface area (Å²) >= 11 is 1.60. The maximum absolute atomic E-state index is 13.1. The summed E-state index contributed by atoms with van der Waals surface area (Å²) in [4.78, 5) is 4.52. The Labute approximate surface area is 103 Å². The molecule has 2 aromatic rings. The lowest BCUT2D eigenvalue weighted by Gasteiger charge is -2.03. The first-order chi connectivity index (χ1) is 8.15. The molecule has 1 aliphatic rings. The quantitative estimate of drug-likeness (QED) is 0.907. The summed E-state index contributed by atoms with van der Waals surface area (Å²) in [6, 6.07) is 6.52. The van der Waals surface area contributed by atoms with Crippen LogP contribution in [0, 0.1) is 5.82 Å². The van der Waals surface area contributed by atoms with Crippen LogP contribution >= 0.6 is 11.3 Å². The van der Waals surface area contributed by atoms with Crippen LogP contribution in [-0.2, 0) is 6.42 Å². The van der Waals surface area contributed by atoms with Gasteiger partial charge in [-0.15, -0.1) is 11.3 Å². The zero-order valence-electron chi connectivity index (χ0n) is 9.32. The molecule has 1 heterocycles. The van der Waals surface area contributed by atoms with Crippen LogP contribution in [-0.4, -0.2) is 10.5 Å². The van der Waals surface area contributed by atoms with Crippen molar-refractivity contribution in [1.29, 1.82) is 0 Å². The number of nitrogens with zero attached hydrogens (tertiary/aromatic N) is 1. The van der Waals surface area contributed by atoms with Crippen LogP contribution in [0.3, 0.4) is 0 Å². The van der Waals surface area contributed by atoms with Gasteiger partial charge in [0.2, 0.25) is 0 Å². The van der Waals surface area contributed by atoms with E-state index in [0.717, 1.165) is 35.5 Å². The molecule has 0 bridgehead atoms. The van der Waals surface area contributed by atoms with Gasteiger partial charge in [-0.2, -0.15) is 0 Å². The van der Waals surface area contributed by atoms with Crippen molar-refractivity contribution in [2.75, 3.05) is 0 Å². The molecule has 1 aromatic heterocycles. The van der Waals surface area contributed by atoms with Gasteiger partial charge in [0.25, 0.3) is 0 Å². The molecular weight excluding hydrogens is 235 g/mol. The van der Waals surface area contributed by atoms with Crippen LogP contribution < -0.4 is 5.73 Å². The van der Waals surface area contributed by atoms with Crippen molar-refractivity contribution >= 4 is 11.3 Å². The number of thiazole rings is 1. The minimum atomic E-state index is -0.227. The van der Waals surface area contributed by atoms with E-state index in [2.05, 4.69) is 4.98 Å². The second kappa shape index (κ2) is 3.89. The van der Waals surface area contributed by atoms with Crippen molar-refractivity contribution in [2.45, 2.75) is 24.8 Å². The molecule has 4 heteroatoms. The molecular formula is C13H13FN2S. The van der Waals surface area contributed by atoms with E-state index in [1.165, 1.54) is 12.1 Å². The van der Waals surface area contributed by atoms with E-state index >= 15 is 0 Å². The lowest BCUT2D eigenvalue weighted by atomic mass is 10.1. The molecule has 3 rings (SSSR count). The molecule has 17 heavy (non-hydrogen) atoms. The largest absolute Gasteiger partial charge is 0.325 e. The van der Waals surface area contributed by atoms with Crippen molar-refractivity contribution in [3.05, 3.63) is 40.5 Å². The number of hydrogen-bond donors (Lipinski definition) is 1. The molecule has 2 nitrogen and oxygen atoms in total. The van der Waals surface area contributed by atoms with Gasteiger partial charge < -0.3 is 5.73 Å². The normalized spacial score (nSPS) is 17.1. The third kappa shape index (κ3) is 2.37. The smallest absolute Gasteiger partial charge is 0.123 e. The first-order valence-electron chi connectivity index (χ1n) is 5.64. The van der Waals surface area contributed by atoms with Gasteiger partial charge in [0.15, 0.2) is 0 Å². The summed E-state index contributed by atoms with van der Waals surface area (Å²) in [5.74, 6) is -0.227. The summed E-state index contributed by atoms with van der Waals surface area (Å²) in [5.41, 5.74) is 7.71. The first-order valence-corrected chi connectivity index (χ1v) is 6.52. The Morgan fingerprint density at radius 1 is 1.41 bits per heavy atom. The monoisotopic (exact) mass is 248 g/mol. The van der Waals surface area contributed by atoms with E-state index < -0.39 is 0 Å². The maximum Gasteiger partial charge on any atom is 0.123 e. The van der Waals surface area contributed by atoms with Gasteiger partial charge in [-0.3, -0.25) is 0 Å². The molecule has 0 spiro atoms. The minimum Gasteiger partial charge on any atom is -0.325 e. The number of aromatic nitrogens is 1. The fraction of sp³-hybridized carbons (Fsp3) is 0.308. The van der Waals surface area contributed by atoms with Crippen molar-refractivity contribution in [1.82, 2.24) is 4.98 Å². The number of rotatable bonds is 3. The number of benzene rings is 1. The average molecular weight is 248 g/mol. The van der Waals surface area contributed by atoms with Crippen molar-refractivity contribution < 1.29 is 4.39 Å². The molecule has 1 saturated carbocycles. The predicted octanol–water partition coefficient (Wildman–Crippen LogP) is 2.98. The van der Waals surface area contributed by atoms with Crippen molar-refractivity contribution in [3.8, 4) is 11.3 Å². The molecule has 0 amide bonds. The van der Waals surface area contributed by atoms with Gasteiger partial charge in [0.05, 0.1) is 10.7 Å². The fourth-order valence-electron chi connectivity index (χ4n) is 1.81. The highest BCUT2D eigenvalue weighted by atomic mass is 32.1. The van der Waals surface area contributed by atoms with E-state index in [-0.39, 0.29) is 11.4 Å². The Kier molecular flexibility index (Phi) is 2.49. The van der Waals surface area contributed by atoms with Crippen LogP contribution in [0.2, 0.25) is 0 Å². The van der Waals surface area contributed by atoms with Crippen molar-refractivity contribution in [2.24, 2.45) is 5.73 Å². The highest BCUT2D eigenvalue weighted by molar-refractivity contribution is 7.10. The molecule has 1 aromatic carbocycles. The fourth-order valence-corrected chi connectivity index (χ4v) is 2.77. The van der Waals surface area contributed by atoms with Crippen LogP contribution in [0.5, 0.6) is 0 Å². The molecule has 0 unspecified atom stereocenters. The van der Waals surface area contributed by atoms with Crippen LogP contribution in [0.4, 0.5) is 4.39 Å². The Bertz CT molecular complexity index is 546. The molecule has 1 aliphatic carbocycles. The van der Waals surface area contributed by atoms with Crippen LogP contribution in [0.1, 0.15) is 17.8 Å². The van der Waals surface area contributed by atoms with Gasteiger partial charge in [-0.25, -0.2) is 9.37 Å². The Balaban J connectivity index is 1.84.